The first kappa shape index (κ1) is 19.2. The summed E-state index contributed by atoms with van der Waals surface area (Å²) in [6.07, 6.45) is 4.98. The summed E-state index contributed by atoms with van der Waals surface area (Å²) in [7, 11) is -4.00. The zero-order valence-corrected chi connectivity index (χ0v) is 15.6. The Labute approximate surface area is 157 Å². The fourth-order valence-corrected chi connectivity index (χ4v) is 4.59. The summed E-state index contributed by atoms with van der Waals surface area (Å²) in [6.45, 7) is 2.36. The van der Waals surface area contributed by atoms with Crippen molar-refractivity contribution >= 4 is 15.7 Å². The van der Waals surface area contributed by atoms with E-state index in [1.165, 1.54) is 28.6 Å². The van der Waals surface area contributed by atoms with E-state index >= 15 is 0 Å². The first-order valence-electron chi connectivity index (χ1n) is 8.63. The van der Waals surface area contributed by atoms with Crippen LogP contribution in [0.1, 0.15) is 25.3 Å². The number of hydrogen-bond donors (Lipinski definition) is 0. The molecular weight excluding hydrogens is 372 g/mol. The molecule has 3 rings (SSSR count). The van der Waals surface area contributed by atoms with Crippen LogP contribution in [-0.2, 0) is 16.4 Å². The van der Waals surface area contributed by atoms with Crippen molar-refractivity contribution < 1.29 is 18.1 Å². The molecule has 0 amide bonds. The molecule has 144 valence electrons. The highest BCUT2D eigenvalue weighted by Gasteiger charge is 2.35. The lowest BCUT2D eigenvalue weighted by Crippen LogP contribution is -2.44. The van der Waals surface area contributed by atoms with Gasteiger partial charge in [0.05, 0.1) is 11.5 Å². The van der Waals surface area contributed by atoms with E-state index in [1.54, 1.807) is 12.4 Å². The van der Waals surface area contributed by atoms with Crippen molar-refractivity contribution in [2.45, 2.75) is 37.2 Å². The number of benzene rings is 1. The summed E-state index contributed by atoms with van der Waals surface area (Å²) in [5.74, 6) is 0. The Morgan fingerprint density at radius 1 is 1.30 bits per heavy atom. The number of ether oxygens (including phenoxy) is 1. The van der Waals surface area contributed by atoms with E-state index < -0.39 is 26.7 Å². The van der Waals surface area contributed by atoms with Gasteiger partial charge in [0, 0.05) is 25.0 Å². The van der Waals surface area contributed by atoms with E-state index in [0.717, 1.165) is 12.0 Å². The summed E-state index contributed by atoms with van der Waals surface area (Å²) in [4.78, 5) is 18.5. The maximum Gasteiger partial charge on any atom is 0.316 e. The van der Waals surface area contributed by atoms with Crippen LogP contribution in [-0.4, -0.2) is 46.8 Å². The monoisotopic (exact) mass is 392 g/mol. The lowest BCUT2D eigenvalue weighted by Gasteiger charge is -2.31. The summed E-state index contributed by atoms with van der Waals surface area (Å²) < 4.78 is 32.8. The third-order valence-corrected chi connectivity index (χ3v) is 6.30. The predicted molar refractivity (Wildman–Crippen MR) is 96.9 cm³/mol. The van der Waals surface area contributed by atoms with Crippen molar-refractivity contribution in [2.75, 3.05) is 13.1 Å². The van der Waals surface area contributed by atoms with Crippen LogP contribution in [0.15, 0.2) is 41.6 Å². The molecule has 1 aromatic heterocycles. The Bertz CT molecular complexity index is 917. The highest BCUT2D eigenvalue weighted by atomic mass is 32.2. The molecule has 0 aliphatic carbocycles. The molecule has 0 spiro atoms. The van der Waals surface area contributed by atoms with Crippen molar-refractivity contribution in [3.05, 3.63) is 52.3 Å². The summed E-state index contributed by atoms with van der Waals surface area (Å²) >= 11 is 0. The molecular formula is C17H20N4O5S. The van der Waals surface area contributed by atoms with E-state index in [1.807, 2.05) is 6.92 Å². The minimum atomic E-state index is -4.00. The molecule has 27 heavy (non-hydrogen) atoms. The summed E-state index contributed by atoms with van der Waals surface area (Å²) in [6, 6.07) is 5.55. The fraction of sp³-hybridized carbons (Fsp3) is 0.412. The maximum atomic E-state index is 12.9. The van der Waals surface area contributed by atoms with Gasteiger partial charge in [0.2, 0.25) is 10.0 Å². The van der Waals surface area contributed by atoms with Crippen LogP contribution in [0.25, 0.3) is 0 Å². The second-order valence-corrected chi connectivity index (χ2v) is 8.10. The van der Waals surface area contributed by atoms with Crippen molar-refractivity contribution in [2.24, 2.45) is 0 Å². The third kappa shape index (κ3) is 4.22. The average molecular weight is 392 g/mol. The summed E-state index contributed by atoms with van der Waals surface area (Å²) in [5, 5.41) is 11.2. The molecule has 0 saturated carbocycles. The van der Waals surface area contributed by atoms with Crippen LogP contribution >= 0.6 is 0 Å². The van der Waals surface area contributed by atoms with Crippen molar-refractivity contribution in [1.29, 1.82) is 0 Å². The normalized spacial score (nSPS) is 18.2. The molecule has 0 bridgehead atoms. The Morgan fingerprint density at radius 3 is 2.67 bits per heavy atom. The quantitative estimate of drug-likeness (QED) is 0.546. The molecule has 1 unspecified atom stereocenters. The minimum absolute atomic E-state index is 0.0905. The minimum Gasteiger partial charge on any atom is -0.459 e. The number of aromatic nitrogens is 2. The van der Waals surface area contributed by atoms with Gasteiger partial charge in [-0.2, -0.15) is 4.31 Å². The molecule has 9 nitrogen and oxygen atoms in total. The molecule has 1 aromatic carbocycles. The van der Waals surface area contributed by atoms with Crippen LogP contribution in [0.2, 0.25) is 0 Å². The molecule has 1 aliphatic rings. The number of nitro groups is 1. The van der Waals surface area contributed by atoms with Gasteiger partial charge in [0.25, 0.3) is 5.69 Å². The van der Waals surface area contributed by atoms with Gasteiger partial charge in [-0.25, -0.2) is 18.4 Å². The summed E-state index contributed by atoms with van der Waals surface area (Å²) in [5.41, 5.74) is 0.547. The SMILES string of the molecule is CCc1cnc(OC2CCCN(S(=O)(=O)c3ccccc3[N+](=O)[O-])C2)nc1. The van der Waals surface area contributed by atoms with Crippen molar-refractivity contribution in [1.82, 2.24) is 14.3 Å². The molecule has 1 fully saturated rings. The topological polar surface area (TPSA) is 116 Å². The number of piperidine rings is 1. The molecule has 0 radical (unpaired) electrons. The molecule has 2 aromatic rings. The largest absolute Gasteiger partial charge is 0.459 e. The van der Waals surface area contributed by atoms with Gasteiger partial charge in [-0.3, -0.25) is 10.1 Å². The highest BCUT2D eigenvalue weighted by molar-refractivity contribution is 7.89. The van der Waals surface area contributed by atoms with E-state index in [4.69, 9.17) is 4.74 Å². The van der Waals surface area contributed by atoms with E-state index in [9.17, 15) is 18.5 Å². The standard InChI is InChI=1S/C17H20N4O5S/c1-2-13-10-18-17(19-11-13)26-14-6-5-9-20(12-14)27(24,25)16-8-4-3-7-15(16)21(22)23/h3-4,7-8,10-11,14H,2,5-6,9,12H2,1H3. The van der Waals surface area contributed by atoms with E-state index in [0.29, 0.717) is 12.8 Å². The lowest BCUT2D eigenvalue weighted by molar-refractivity contribution is -0.387. The maximum absolute atomic E-state index is 12.9. The number of nitro benzene ring substituents is 1. The Balaban J connectivity index is 1.78. The molecule has 2 heterocycles. The average Bonchev–Trinajstić information content (AvgIpc) is 2.69. The third-order valence-electron chi connectivity index (χ3n) is 4.38. The fourth-order valence-electron chi connectivity index (χ4n) is 2.92. The molecule has 1 saturated heterocycles. The number of sulfonamides is 1. The van der Waals surface area contributed by atoms with Gasteiger partial charge in [-0.15, -0.1) is 0 Å². The number of para-hydroxylation sites is 1. The van der Waals surface area contributed by atoms with Gasteiger partial charge in [-0.05, 0) is 30.9 Å². The highest BCUT2D eigenvalue weighted by Crippen LogP contribution is 2.28. The smallest absolute Gasteiger partial charge is 0.316 e. The molecule has 1 aliphatic heterocycles. The zero-order valence-electron chi connectivity index (χ0n) is 14.8. The molecule has 1 atom stereocenters. The van der Waals surface area contributed by atoms with Gasteiger partial charge in [0.15, 0.2) is 4.90 Å². The first-order valence-corrected chi connectivity index (χ1v) is 10.1. The predicted octanol–water partition coefficient (Wildman–Crippen LogP) is 2.18. The van der Waals surface area contributed by atoms with Gasteiger partial charge >= 0.3 is 6.01 Å². The van der Waals surface area contributed by atoms with Crippen LogP contribution < -0.4 is 4.74 Å². The Morgan fingerprint density at radius 2 is 2.00 bits per heavy atom. The number of nitrogens with zero attached hydrogens (tertiary/aromatic N) is 4. The zero-order chi connectivity index (χ0) is 19.4. The molecule has 10 heteroatoms. The van der Waals surface area contributed by atoms with Crippen molar-refractivity contribution in [3.8, 4) is 6.01 Å². The lowest BCUT2D eigenvalue weighted by atomic mass is 10.1. The number of hydrogen-bond acceptors (Lipinski definition) is 7. The number of aryl methyl sites for hydroxylation is 1. The van der Waals surface area contributed by atoms with Crippen molar-refractivity contribution in [3.63, 3.8) is 0 Å². The van der Waals surface area contributed by atoms with Gasteiger partial charge in [0.1, 0.15) is 6.10 Å². The van der Waals surface area contributed by atoms with Gasteiger partial charge in [-0.1, -0.05) is 19.1 Å². The first-order chi connectivity index (χ1) is 12.9. The van der Waals surface area contributed by atoms with Crippen LogP contribution in [0.3, 0.4) is 0 Å². The van der Waals surface area contributed by atoms with Crippen LogP contribution in [0, 0.1) is 10.1 Å². The Kier molecular flexibility index (Phi) is 5.66. The number of rotatable bonds is 6. The van der Waals surface area contributed by atoms with E-state index in [2.05, 4.69) is 9.97 Å². The molecule has 0 N–H and O–H groups in total. The Hall–Kier alpha value is -2.59. The van der Waals surface area contributed by atoms with Crippen LogP contribution in [0.5, 0.6) is 6.01 Å². The van der Waals surface area contributed by atoms with E-state index in [-0.39, 0.29) is 24.0 Å². The van der Waals surface area contributed by atoms with Gasteiger partial charge < -0.3 is 4.74 Å². The van der Waals surface area contributed by atoms with Crippen LogP contribution in [0.4, 0.5) is 5.69 Å². The second kappa shape index (κ2) is 7.97. The second-order valence-electron chi connectivity index (χ2n) is 6.20.